The fraction of sp³-hybridized carbons (Fsp3) is 0.194. The van der Waals surface area contributed by atoms with E-state index in [1.165, 1.54) is 0 Å². The third-order valence-electron chi connectivity index (χ3n) is 6.07. The summed E-state index contributed by atoms with van der Waals surface area (Å²) < 4.78 is 8.33. The van der Waals surface area contributed by atoms with E-state index in [4.69, 9.17) is 9.84 Å². The highest BCUT2D eigenvalue weighted by Gasteiger charge is 2.40. The standard InChI is InChI=1S/C31H32N2O/c1-3-5-6-16-24-34-30-25-33(32-29(30)17-4-2)31(26-18-10-7-11-19-26,27-20-12-8-13-21-27)28-22-14-9-15-23-28/h3-4,7-15,18-23,25H,1-2,5-6,16-17,24H2. The van der Waals surface area contributed by atoms with Crippen molar-refractivity contribution >= 4 is 0 Å². The first kappa shape index (κ1) is 23.3. The zero-order valence-corrected chi connectivity index (χ0v) is 19.6. The molecule has 4 rings (SSSR count). The topological polar surface area (TPSA) is 27.1 Å². The van der Waals surface area contributed by atoms with Crippen LogP contribution in [0.4, 0.5) is 0 Å². The molecule has 0 bridgehead atoms. The van der Waals surface area contributed by atoms with Crippen LogP contribution in [0.25, 0.3) is 0 Å². The maximum absolute atomic E-state index is 6.25. The number of aromatic nitrogens is 2. The average Bonchev–Trinajstić information content (AvgIpc) is 3.29. The lowest BCUT2D eigenvalue weighted by Crippen LogP contribution is -2.38. The van der Waals surface area contributed by atoms with Gasteiger partial charge in [0.05, 0.1) is 12.8 Å². The molecule has 0 unspecified atom stereocenters. The SMILES string of the molecule is C=CCCCCOc1cn(C(c2ccccc2)(c2ccccc2)c2ccccc2)nc1CC=C. The lowest BCUT2D eigenvalue weighted by atomic mass is 9.77. The molecule has 0 fully saturated rings. The van der Waals surface area contributed by atoms with Crippen molar-refractivity contribution in [1.29, 1.82) is 0 Å². The van der Waals surface area contributed by atoms with E-state index in [-0.39, 0.29) is 0 Å². The largest absolute Gasteiger partial charge is 0.490 e. The number of hydrogen-bond donors (Lipinski definition) is 0. The highest BCUT2D eigenvalue weighted by Crippen LogP contribution is 2.41. The first-order chi connectivity index (χ1) is 16.8. The molecule has 172 valence electrons. The van der Waals surface area contributed by atoms with Gasteiger partial charge in [-0.1, -0.05) is 103 Å². The van der Waals surface area contributed by atoms with Crippen molar-refractivity contribution in [2.45, 2.75) is 31.2 Å². The predicted octanol–water partition coefficient (Wildman–Crippen LogP) is 7.19. The Morgan fingerprint density at radius 2 is 1.26 bits per heavy atom. The number of rotatable bonds is 12. The highest BCUT2D eigenvalue weighted by atomic mass is 16.5. The molecular weight excluding hydrogens is 416 g/mol. The van der Waals surface area contributed by atoms with E-state index in [0.29, 0.717) is 13.0 Å². The second kappa shape index (κ2) is 11.3. The van der Waals surface area contributed by atoms with Crippen LogP contribution in [0.3, 0.4) is 0 Å². The zero-order valence-electron chi connectivity index (χ0n) is 19.6. The Kier molecular flexibility index (Phi) is 7.77. The Labute approximate surface area is 203 Å². The van der Waals surface area contributed by atoms with E-state index < -0.39 is 5.54 Å². The van der Waals surface area contributed by atoms with E-state index in [1.807, 2.05) is 30.4 Å². The number of hydrogen-bond acceptors (Lipinski definition) is 2. The fourth-order valence-corrected chi connectivity index (χ4v) is 4.47. The lowest BCUT2D eigenvalue weighted by Gasteiger charge is -2.36. The minimum absolute atomic E-state index is 0.642. The van der Waals surface area contributed by atoms with Gasteiger partial charge in [-0.05, 0) is 36.0 Å². The molecule has 0 saturated carbocycles. The minimum Gasteiger partial charge on any atom is -0.490 e. The molecule has 3 nitrogen and oxygen atoms in total. The summed E-state index contributed by atoms with van der Waals surface area (Å²) in [5.41, 5.74) is 3.66. The van der Waals surface area contributed by atoms with Crippen LogP contribution in [-0.2, 0) is 12.0 Å². The monoisotopic (exact) mass is 448 g/mol. The van der Waals surface area contributed by atoms with Crippen LogP contribution in [0, 0.1) is 0 Å². The van der Waals surface area contributed by atoms with Gasteiger partial charge in [-0.2, -0.15) is 5.10 Å². The molecule has 0 aliphatic carbocycles. The molecule has 0 amide bonds. The van der Waals surface area contributed by atoms with Gasteiger partial charge in [-0.25, -0.2) is 4.68 Å². The predicted molar refractivity (Wildman–Crippen MR) is 140 cm³/mol. The quantitative estimate of drug-likeness (QED) is 0.130. The van der Waals surface area contributed by atoms with E-state index >= 15 is 0 Å². The van der Waals surface area contributed by atoms with Gasteiger partial charge >= 0.3 is 0 Å². The maximum Gasteiger partial charge on any atom is 0.160 e. The second-order valence-corrected chi connectivity index (χ2v) is 8.32. The molecule has 0 radical (unpaired) electrons. The normalized spacial score (nSPS) is 11.2. The minimum atomic E-state index is -0.649. The Hall–Kier alpha value is -3.85. The van der Waals surface area contributed by atoms with Gasteiger partial charge in [0.1, 0.15) is 11.2 Å². The molecule has 34 heavy (non-hydrogen) atoms. The third-order valence-corrected chi connectivity index (χ3v) is 6.07. The van der Waals surface area contributed by atoms with E-state index in [2.05, 4.69) is 96.8 Å². The van der Waals surface area contributed by atoms with Crippen molar-refractivity contribution in [1.82, 2.24) is 9.78 Å². The Bertz CT molecular complexity index is 1080. The molecule has 1 aromatic heterocycles. The third kappa shape index (κ3) is 4.74. The molecule has 1 heterocycles. The van der Waals surface area contributed by atoms with Gasteiger partial charge in [0.25, 0.3) is 0 Å². The lowest BCUT2D eigenvalue weighted by molar-refractivity contribution is 0.304. The van der Waals surface area contributed by atoms with Crippen LogP contribution in [0.15, 0.2) is 123 Å². The first-order valence-electron chi connectivity index (χ1n) is 11.9. The van der Waals surface area contributed by atoms with E-state index in [1.54, 1.807) is 0 Å². The van der Waals surface area contributed by atoms with Crippen LogP contribution in [-0.4, -0.2) is 16.4 Å². The average molecular weight is 449 g/mol. The first-order valence-corrected chi connectivity index (χ1v) is 11.9. The molecule has 3 aromatic carbocycles. The van der Waals surface area contributed by atoms with Crippen molar-refractivity contribution < 1.29 is 4.74 Å². The molecular formula is C31H32N2O. The fourth-order valence-electron chi connectivity index (χ4n) is 4.47. The van der Waals surface area contributed by atoms with Crippen LogP contribution in [0.5, 0.6) is 5.75 Å². The number of unbranched alkanes of at least 4 members (excludes halogenated alkanes) is 2. The molecule has 4 aromatic rings. The number of benzene rings is 3. The summed E-state index contributed by atoms with van der Waals surface area (Å²) in [6.45, 7) is 8.41. The summed E-state index contributed by atoms with van der Waals surface area (Å²) in [7, 11) is 0. The van der Waals surface area contributed by atoms with E-state index in [0.717, 1.165) is 47.4 Å². The van der Waals surface area contributed by atoms with Gasteiger partial charge in [0.2, 0.25) is 0 Å². The summed E-state index contributed by atoms with van der Waals surface area (Å²) in [6, 6.07) is 31.7. The molecule has 0 aliphatic heterocycles. The van der Waals surface area contributed by atoms with Gasteiger partial charge in [0, 0.05) is 6.42 Å². The van der Waals surface area contributed by atoms with E-state index in [9.17, 15) is 0 Å². The van der Waals surface area contributed by atoms with Gasteiger partial charge < -0.3 is 4.74 Å². The Morgan fingerprint density at radius 1 is 0.735 bits per heavy atom. The number of allylic oxidation sites excluding steroid dienone is 2. The number of ether oxygens (including phenoxy) is 1. The summed E-state index contributed by atoms with van der Waals surface area (Å²) in [5.74, 6) is 0.811. The van der Waals surface area contributed by atoms with Crippen molar-refractivity contribution in [3.8, 4) is 5.75 Å². The molecule has 0 N–H and O–H groups in total. The van der Waals surface area contributed by atoms with Gasteiger partial charge in [-0.15, -0.1) is 13.2 Å². The smallest absolute Gasteiger partial charge is 0.160 e. The molecule has 0 atom stereocenters. The summed E-state index contributed by atoms with van der Waals surface area (Å²) in [4.78, 5) is 0. The van der Waals surface area contributed by atoms with Crippen LogP contribution >= 0.6 is 0 Å². The molecule has 0 aliphatic rings. The summed E-state index contributed by atoms with van der Waals surface area (Å²) in [6.07, 6.45) is 9.58. The zero-order chi connectivity index (χ0) is 23.6. The second-order valence-electron chi connectivity index (χ2n) is 8.32. The molecule has 3 heteroatoms. The summed E-state index contributed by atoms with van der Waals surface area (Å²) in [5, 5.41) is 5.12. The van der Waals surface area contributed by atoms with Crippen LogP contribution in [0.2, 0.25) is 0 Å². The summed E-state index contributed by atoms with van der Waals surface area (Å²) >= 11 is 0. The maximum atomic E-state index is 6.25. The van der Waals surface area contributed by atoms with Gasteiger partial charge in [0.15, 0.2) is 5.75 Å². The van der Waals surface area contributed by atoms with Crippen molar-refractivity contribution in [2.75, 3.05) is 6.61 Å². The van der Waals surface area contributed by atoms with Crippen LogP contribution < -0.4 is 4.74 Å². The van der Waals surface area contributed by atoms with Crippen molar-refractivity contribution in [3.63, 3.8) is 0 Å². The molecule has 0 spiro atoms. The van der Waals surface area contributed by atoms with Gasteiger partial charge in [-0.3, -0.25) is 0 Å². The van der Waals surface area contributed by atoms with Crippen LogP contribution in [0.1, 0.15) is 41.6 Å². The number of nitrogens with zero attached hydrogens (tertiary/aromatic N) is 2. The Morgan fingerprint density at radius 3 is 1.74 bits per heavy atom. The van der Waals surface area contributed by atoms with Crippen molar-refractivity contribution in [2.24, 2.45) is 0 Å². The molecule has 0 saturated heterocycles. The Balaban J connectivity index is 1.90. The highest BCUT2D eigenvalue weighted by molar-refractivity contribution is 5.51. The van der Waals surface area contributed by atoms with Crippen molar-refractivity contribution in [3.05, 3.63) is 145 Å².